The second kappa shape index (κ2) is 4.67. The third-order valence-electron chi connectivity index (χ3n) is 4.90. The zero-order chi connectivity index (χ0) is 12.6. The van der Waals surface area contributed by atoms with Crippen molar-refractivity contribution in [1.82, 2.24) is 0 Å². The SMILES string of the molecule is COC1(C(N)c2ccc3c(c2)CCC3)CCCC1. The molecule has 1 aromatic rings. The molecule has 18 heavy (non-hydrogen) atoms. The summed E-state index contributed by atoms with van der Waals surface area (Å²) < 4.78 is 5.81. The van der Waals surface area contributed by atoms with Gasteiger partial charge < -0.3 is 10.5 Å². The molecule has 1 atom stereocenters. The van der Waals surface area contributed by atoms with Gasteiger partial charge in [0.05, 0.1) is 11.6 Å². The summed E-state index contributed by atoms with van der Waals surface area (Å²) in [7, 11) is 1.82. The van der Waals surface area contributed by atoms with E-state index in [-0.39, 0.29) is 11.6 Å². The standard InChI is InChI=1S/C16H23NO/c1-18-16(9-2-3-10-16)15(17)14-8-7-12-5-4-6-13(12)11-14/h7-8,11,15H,2-6,9-10,17H2,1H3. The number of hydrogen-bond donors (Lipinski definition) is 1. The van der Waals surface area contributed by atoms with Crippen molar-refractivity contribution in [3.05, 3.63) is 34.9 Å². The van der Waals surface area contributed by atoms with Crippen molar-refractivity contribution in [1.29, 1.82) is 0 Å². The number of benzene rings is 1. The van der Waals surface area contributed by atoms with Crippen LogP contribution in [0.2, 0.25) is 0 Å². The summed E-state index contributed by atoms with van der Waals surface area (Å²) in [6, 6.07) is 6.84. The van der Waals surface area contributed by atoms with Crippen molar-refractivity contribution in [3.8, 4) is 0 Å². The third-order valence-corrected chi connectivity index (χ3v) is 4.90. The minimum absolute atomic E-state index is 0.0240. The maximum atomic E-state index is 6.51. The molecule has 1 unspecified atom stereocenters. The topological polar surface area (TPSA) is 35.2 Å². The number of nitrogens with two attached hydrogens (primary N) is 1. The molecular formula is C16H23NO. The minimum Gasteiger partial charge on any atom is -0.376 e. The van der Waals surface area contributed by atoms with Crippen LogP contribution in [0.15, 0.2) is 18.2 Å². The van der Waals surface area contributed by atoms with Gasteiger partial charge in [-0.2, -0.15) is 0 Å². The summed E-state index contributed by atoms with van der Waals surface area (Å²) in [5, 5.41) is 0. The molecular weight excluding hydrogens is 222 g/mol. The summed E-state index contributed by atoms with van der Waals surface area (Å²) in [6.07, 6.45) is 8.43. The molecule has 2 heteroatoms. The molecule has 0 aromatic heterocycles. The highest BCUT2D eigenvalue weighted by atomic mass is 16.5. The van der Waals surface area contributed by atoms with E-state index < -0.39 is 0 Å². The molecule has 0 bridgehead atoms. The number of rotatable bonds is 3. The lowest BCUT2D eigenvalue weighted by Crippen LogP contribution is -2.40. The van der Waals surface area contributed by atoms with Crippen LogP contribution in [0.5, 0.6) is 0 Å². The summed E-state index contributed by atoms with van der Waals surface area (Å²) in [5.74, 6) is 0. The van der Waals surface area contributed by atoms with Crippen molar-refractivity contribution >= 4 is 0 Å². The molecule has 0 radical (unpaired) electrons. The summed E-state index contributed by atoms with van der Waals surface area (Å²) in [4.78, 5) is 0. The molecule has 98 valence electrons. The van der Waals surface area contributed by atoms with Crippen LogP contribution >= 0.6 is 0 Å². The van der Waals surface area contributed by atoms with Crippen LogP contribution < -0.4 is 5.73 Å². The number of hydrogen-bond acceptors (Lipinski definition) is 2. The molecule has 2 nitrogen and oxygen atoms in total. The van der Waals surface area contributed by atoms with Crippen molar-refractivity contribution in [2.75, 3.05) is 7.11 Å². The van der Waals surface area contributed by atoms with E-state index in [1.165, 1.54) is 48.8 Å². The van der Waals surface area contributed by atoms with Gasteiger partial charge in [0.2, 0.25) is 0 Å². The van der Waals surface area contributed by atoms with Crippen LogP contribution in [0.4, 0.5) is 0 Å². The average Bonchev–Trinajstić information content (AvgIpc) is 3.06. The molecule has 0 aliphatic heterocycles. The van der Waals surface area contributed by atoms with Crippen LogP contribution in [0.25, 0.3) is 0 Å². The Kier molecular flexibility index (Phi) is 3.16. The molecule has 0 amide bonds. The largest absolute Gasteiger partial charge is 0.376 e. The first-order chi connectivity index (χ1) is 8.75. The number of ether oxygens (including phenoxy) is 1. The zero-order valence-electron chi connectivity index (χ0n) is 11.2. The van der Waals surface area contributed by atoms with Gasteiger partial charge in [-0.1, -0.05) is 31.0 Å². The Hall–Kier alpha value is -0.860. The molecule has 3 rings (SSSR count). The number of methoxy groups -OCH3 is 1. The molecule has 0 saturated heterocycles. The van der Waals surface area contributed by atoms with Gasteiger partial charge in [0.1, 0.15) is 0 Å². The fourth-order valence-electron chi connectivity index (χ4n) is 3.70. The lowest BCUT2D eigenvalue weighted by Gasteiger charge is -2.34. The Morgan fingerprint density at radius 3 is 2.56 bits per heavy atom. The van der Waals surface area contributed by atoms with Crippen LogP contribution in [-0.2, 0) is 17.6 Å². The monoisotopic (exact) mass is 245 g/mol. The Morgan fingerprint density at radius 2 is 1.83 bits per heavy atom. The van der Waals surface area contributed by atoms with Gasteiger partial charge in [-0.05, 0) is 48.8 Å². The Bertz CT molecular complexity index is 435. The van der Waals surface area contributed by atoms with Crippen LogP contribution in [0.3, 0.4) is 0 Å². The molecule has 1 saturated carbocycles. The lowest BCUT2D eigenvalue weighted by molar-refractivity contribution is -0.0264. The van der Waals surface area contributed by atoms with E-state index in [0.29, 0.717) is 0 Å². The van der Waals surface area contributed by atoms with Gasteiger partial charge in [0.25, 0.3) is 0 Å². The van der Waals surface area contributed by atoms with Crippen molar-refractivity contribution in [2.45, 2.75) is 56.6 Å². The highest BCUT2D eigenvalue weighted by Gasteiger charge is 2.40. The first-order valence-corrected chi connectivity index (χ1v) is 7.18. The first-order valence-electron chi connectivity index (χ1n) is 7.18. The van der Waals surface area contributed by atoms with Gasteiger partial charge in [0.15, 0.2) is 0 Å². The molecule has 2 aliphatic carbocycles. The van der Waals surface area contributed by atoms with Crippen LogP contribution in [0.1, 0.15) is 54.8 Å². The number of fused-ring (bicyclic) bond motifs is 1. The van der Waals surface area contributed by atoms with E-state index in [4.69, 9.17) is 10.5 Å². The summed E-state index contributed by atoms with van der Waals surface area (Å²) in [5.41, 5.74) is 10.7. The van der Waals surface area contributed by atoms with Gasteiger partial charge in [-0.25, -0.2) is 0 Å². The van der Waals surface area contributed by atoms with Crippen LogP contribution in [-0.4, -0.2) is 12.7 Å². The quantitative estimate of drug-likeness (QED) is 0.888. The Morgan fingerprint density at radius 1 is 1.11 bits per heavy atom. The van der Waals surface area contributed by atoms with E-state index >= 15 is 0 Å². The molecule has 2 N–H and O–H groups in total. The zero-order valence-corrected chi connectivity index (χ0v) is 11.2. The molecule has 1 aromatic carbocycles. The smallest absolute Gasteiger partial charge is 0.0870 e. The van der Waals surface area contributed by atoms with E-state index in [1.807, 2.05) is 7.11 Å². The molecule has 2 aliphatic rings. The maximum Gasteiger partial charge on any atom is 0.0870 e. The highest BCUT2D eigenvalue weighted by Crippen LogP contribution is 2.41. The van der Waals surface area contributed by atoms with Crippen LogP contribution in [0, 0.1) is 0 Å². The molecule has 0 heterocycles. The van der Waals surface area contributed by atoms with E-state index in [9.17, 15) is 0 Å². The third kappa shape index (κ3) is 1.88. The molecule has 1 fully saturated rings. The Labute approximate surface area is 110 Å². The first kappa shape index (κ1) is 12.2. The highest BCUT2D eigenvalue weighted by molar-refractivity contribution is 5.37. The molecule has 0 spiro atoms. The maximum absolute atomic E-state index is 6.51. The lowest BCUT2D eigenvalue weighted by atomic mass is 9.86. The van der Waals surface area contributed by atoms with E-state index in [2.05, 4.69) is 18.2 Å². The minimum atomic E-state index is -0.118. The fourth-order valence-corrected chi connectivity index (χ4v) is 3.70. The summed E-state index contributed by atoms with van der Waals surface area (Å²) >= 11 is 0. The second-order valence-electron chi connectivity index (χ2n) is 5.84. The van der Waals surface area contributed by atoms with Crippen molar-refractivity contribution < 1.29 is 4.74 Å². The number of aryl methyl sites for hydroxylation is 2. The second-order valence-corrected chi connectivity index (χ2v) is 5.84. The average molecular weight is 245 g/mol. The normalized spacial score (nSPS) is 23.0. The fraction of sp³-hybridized carbons (Fsp3) is 0.625. The predicted octanol–water partition coefficient (Wildman–Crippen LogP) is 3.13. The van der Waals surface area contributed by atoms with Gasteiger partial charge in [-0.15, -0.1) is 0 Å². The van der Waals surface area contributed by atoms with E-state index in [0.717, 1.165) is 12.8 Å². The van der Waals surface area contributed by atoms with Crippen molar-refractivity contribution in [3.63, 3.8) is 0 Å². The van der Waals surface area contributed by atoms with Gasteiger partial charge >= 0.3 is 0 Å². The predicted molar refractivity (Wildman–Crippen MR) is 73.6 cm³/mol. The Balaban J connectivity index is 1.89. The summed E-state index contributed by atoms with van der Waals surface area (Å²) in [6.45, 7) is 0. The van der Waals surface area contributed by atoms with Crippen molar-refractivity contribution in [2.24, 2.45) is 5.73 Å². The van der Waals surface area contributed by atoms with E-state index in [1.54, 1.807) is 0 Å². The van der Waals surface area contributed by atoms with Gasteiger partial charge in [-0.3, -0.25) is 0 Å². The van der Waals surface area contributed by atoms with Gasteiger partial charge in [0, 0.05) is 7.11 Å².